The standard InChI is InChI=1S/C9H9BrN2/c1-6-3-9-11-4-8(10)12(9)5-7(6)2/h3-5H,1-2H3. The normalized spacial score (nSPS) is 10.9. The molecule has 0 N–H and O–H groups in total. The van der Waals surface area contributed by atoms with Crippen molar-refractivity contribution in [2.45, 2.75) is 13.8 Å². The number of rotatable bonds is 0. The lowest BCUT2D eigenvalue weighted by atomic mass is 10.2. The van der Waals surface area contributed by atoms with Gasteiger partial charge in [0, 0.05) is 6.20 Å². The smallest absolute Gasteiger partial charge is 0.137 e. The largest absolute Gasteiger partial charge is 0.294 e. The Morgan fingerprint density at radius 2 is 2.08 bits per heavy atom. The monoisotopic (exact) mass is 224 g/mol. The fourth-order valence-electron chi connectivity index (χ4n) is 1.19. The zero-order valence-corrected chi connectivity index (χ0v) is 8.59. The van der Waals surface area contributed by atoms with E-state index in [1.807, 2.05) is 10.6 Å². The molecule has 2 heterocycles. The highest BCUT2D eigenvalue weighted by atomic mass is 79.9. The lowest BCUT2D eigenvalue weighted by Gasteiger charge is -2.01. The number of imidazole rings is 1. The van der Waals surface area contributed by atoms with Gasteiger partial charge in [0.25, 0.3) is 0 Å². The maximum Gasteiger partial charge on any atom is 0.137 e. The van der Waals surface area contributed by atoms with Crippen LogP contribution in [0.25, 0.3) is 5.65 Å². The number of hydrogen-bond donors (Lipinski definition) is 0. The maximum absolute atomic E-state index is 4.24. The van der Waals surface area contributed by atoms with Gasteiger partial charge in [-0.2, -0.15) is 0 Å². The van der Waals surface area contributed by atoms with Crippen LogP contribution in [0.15, 0.2) is 23.1 Å². The van der Waals surface area contributed by atoms with Crippen LogP contribution < -0.4 is 0 Å². The highest BCUT2D eigenvalue weighted by Crippen LogP contribution is 2.16. The minimum absolute atomic E-state index is 0.991. The highest BCUT2D eigenvalue weighted by Gasteiger charge is 2.01. The van der Waals surface area contributed by atoms with Gasteiger partial charge in [0.2, 0.25) is 0 Å². The van der Waals surface area contributed by atoms with Crippen molar-refractivity contribution in [2.24, 2.45) is 0 Å². The number of aryl methyl sites for hydroxylation is 2. The lowest BCUT2D eigenvalue weighted by molar-refractivity contribution is 1.11. The van der Waals surface area contributed by atoms with Crippen LogP contribution in [0.4, 0.5) is 0 Å². The summed E-state index contributed by atoms with van der Waals surface area (Å²) >= 11 is 3.43. The molecular weight excluding hydrogens is 216 g/mol. The summed E-state index contributed by atoms with van der Waals surface area (Å²) in [5.41, 5.74) is 3.55. The average molecular weight is 225 g/mol. The Bertz CT molecular complexity index is 431. The van der Waals surface area contributed by atoms with Crippen LogP contribution >= 0.6 is 15.9 Å². The van der Waals surface area contributed by atoms with E-state index in [1.54, 1.807) is 0 Å². The van der Waals surface area contributed by atoms with Gasteiger partial charge >= 0.3 is 0 Å². The van der Waals surface area contributed by atoms with E-state index in [2.05, 4.69) is 47.0 Å². The van der Waals surface area contributed by atoms with Gasteiger partial charge in [-0.05, 0) is 47.0 Å². The molecule has 3 heteroatoms. The fraction of sp³-hybridized carbons (Fsp3) is 0.222. The molecular formula is C9H9BrN2. The molecule has 0 aliphatic rings. The molecule has 0 aliphatic heterocycles. The second-order valence-corrected chi connectivity index (χ2v) is 3.76. The molecule has 0 saturated heterocycles. The summed E-state index contributed by atoms with van der Waals surface area (Å²) < 4.78 is 3.03. The molecule has 0 aromatic carbocycles. The molecule has 0 bridgehead atoms. The summed E-state index contributed by atoms with van der Waals surface area (Å²) in [5.74, 6) is 0. The number of aromatic nitrogens is 2. The summed E-state index contributed by atoms with van der Waals surface area (Å²) in [5, 5.41) is 0. The van der Waals surface area contributed by atoms with Crippen LogP contribution in [-0.4, -0.2) is 9.38 Å². The second kappa shape index (κ2) is 2.59. The van der Waals surface area contributed by atoms with Gasteiger partial charge in [0.1, 0.15) is 10.3 Å². The van der Waals surface area contributed by atoms with E-state index in [-0.39, 0.29) is 0 Å². The minimum atomic E-state index is 0.991. The molecule has 62 valence electrons. The Labute approximate surface area is 79.4 Å². The van der Waals surface area contributed by atoms with Gasteiger partial charge in [0.15, 0.2) is 0 Å². The number of pyridine rings is 1. The molecule has 0 atom stereocenters. The third kappa shape index (κ3) is 1.05. The summed E-state index contributed by atoms with van der Waals surface area (Å²) in [6, 6.07) is 2.08. The first-order chi connectivity index (χ1) is 5.68. The fourth-order valence-corrected chi connectivity index (χ4v) is 1.58. The van der Waals surface area contributed by atoms with Gasteiger partial charge in [-0.1, -0.05) is 0 Å². The van der Waals surface area contributed by atoms with E-state index in [0.717, 1.165) is 10.3 Å². The van der Waals surface area contributed by atoms with E-state index >= 15 is 0 Å². The quantitative estimate of drug-likeness (QED) is 0.673. The Morgan fingerprint density at radius 1 is 1.33 bits per heavy atom. The number of nitrogens with zero attached hydrogens (tertiary/aromatic N) is 2. The number of fused-ring (bicyclic) bond motifs is 1. The topological polar surface area (TPSA) is 17.3 Å². The van der Waals surface area contributed by atoms with Crippen molar-refractivity contribution < 1.29 is 0 Å². The Balaban J connectivity index is 2.87. The van der Waals surface area contributed by atoms with Crippen LogP contribution in [0.5, 0.6) is 0 Å². The molecule has 0 spiro atoms. The van der Waals surface area contributed by atoms with Crippen molar-refractivity contribution >= 4 is 21.6 Å². The minimum Gasteiger partial charge on any atom is -0.294 e. The van der Waals surface area contributed by atoms with Crippen LogP contribution in [0.3, 0.4) is 0 Å². The first kappa shape index (κ1) is 7.80. The third-order valence-electron chi connectivity index (χ3n) is 2.07. The number of halogens is 1. The molecule has 12 heavy (non-hydrogen) atoms. The SMILES string of the molecule is Cc1cc2ncc(Br)n2cc1C. The Kier molecular flexibility index (Phi) is 1.68. The molecule has 2 nitrogen and oxygen atoms in total. The predicted molar refractivity (Wildman–Crippen MR) is 52.4 cm³/mol. The number of hydrogen-bond acceptors (Lipinski definition) is 1. The molecule has 0 aliphatic carbocycles. The van der Waals surface area contributed by atoms with Gasteiger partial charge in [-0.3, -0.25) is 4.40 Å². The van der Waals surface area contributed by atoms with Crippen molar-refractivity contribution in [1.82, 2.24) is 9.38 Å². The first-order valence-corrected chi connectivity index (χ1v) is 4.57. The summed E-state index contributed by atoms with van der Waals surface area (Å²) in [4.78, 5) is 4.24. The van der Waals surface area contributed by atoms with Crippen molar-refractivity contribution in [3.8, 4) is 0 Å². The van der Waals surface area contributed by atoms with Crippen molar-refractivity contribution in [3.05, 3.63) is 34.2 Å². The second-order valence-electron chi connectivity index (χ2n) is 2.95. The van der Waals surface area contributed by atoms with Gasteiger partial charge in [0.05, 0.1) is 6.20 Å². The maximum atomic E-state index is 4.24. The van der Waals surface area contributed by atoms with E-state index in [0.29, 0.717) is 0 Å². The molecule has 0 saturated carbocycles. The molecule has 2 rings (SSSR count). The van der Waals surface area contributed by atoms with Crippen molar-refractivity contribution in [1.29, 1.82) is 0 Å². The third-order valence-corrected chi connectivity index (χ3v) is 2.66. The molecule has 0 radical (unpaired) electrons. The van der Waals surface area contributed by atoms with E-state index in [1.165, 1.54) is 11.1 Å². The first-order valence-electron chi connectivity index (χ1n) is 3.78. The van der Waals surface area contributed by atoms with E-state index < -0.39 is 0 Å². The highest BCUT2D eigenvalue weighted by molar-refractivity contribution is 9.10. The molecule has 0 amide bonds. The summed E-state index contributed by atoms with van der Waals surface area (Å²) in [7, 11) is 0. The van der Waals surface area contributed by atoms with Gasteiger partial charge in [-0.25, -0.2) is 4.98 Å². The van der Waals surface area contributed by atoms with Gasteiger partial charge in [-0.15, -0.1) is 0 Å². The van der Waals surface area contributed by atoms with Crippen molar-refractivity contribution in [2.75, 3.05) is 0 Å². The summed E-state index contributed by atoms with van der Waals surface area (Å²) in [6.07, 6.45) is 3.90. The predicted octanol–water partition coefficient (Wildman–Crippen LogP) is 2.71. The molecule has 0 unspecified atom stereocenters. The van der Waals surface area contributed by atoms with Crippen LogP contribution in [-0.2, 0) is 0 Å². The molecule has 0 fully saturated rings. The van der Waals surface area contributed by atoms with Crippen LogP contribution in [0.2, 0.25) is 0 Å². The molecule has 2 aromatic heterocycles. The van der Waals surface area contributed by atoms with E-state index in [9.17, 15) is 0 Å². The zero-order valence-electron chi connectivity index (χ0n) is 7.00. The van der Waals surface area contributed by atoms with Crippen molar-refractivity contribution in [3.63, 3.8) is 0 Å². The Hall–Kier alpha value is -0.830. The van der Waals surface area contributed by atoms with Crippen LogP contribution in [0, 0.1) is 13.8 Å². The van der Waals surface area contributed by atoms with E-state index in [4.69, 9.17) is 0 Å². The average Bonchev–Trinajstić information content (AvgIpc) is 2.35. The lowest BCUT2D eigenvalue weighted by Crippen LogP contribution is -1.89. The van der Waals surface area contributed by atoms with Gasteiger partial charge < -0.3 is 0 Å². The zero-order chi connectivity index (χ0) is 8.72. The summed E-state index contributed by atoms with van der Waals surface area (Å²) in [6.45, 7) is 4.19. The Morgan fingerprint density at radius 3 is 2.83 bits per heavy atom. The molecule has 2 aromatic rings. The van der Waals surface area contributed by atoms with Crippen LogP contribution in [0.1, 0.15) is 11.1 Å².